The summed E-state index contributed by atoms with van der Waals surface area (Å²) in [6.45, 7) is 6.55. The average Bonchev–Trinajstić information content (AvgIpc) is 2.81. The van der Waals surface area contributed by atoms with Crippen LogP contribution in [-0.4, -0.2) is 65.2 Å². The molecule has 3 aromatic carbocycles. The van der Waals surface area contributed by atoms with Gasteiger partial charge in [0.15, 0.2) is 0 Å². The molecule has 1 heterocycles. The van der Waals surface area contributed by atoms with Gasteiger partial charge >= 0.3 is 11.9 Å². The Morgan fingerprint density at radius 1 is 0.781 bits per heavy atom. The van der Waals surface area contributed by atoms with E-state index in [0.717, 1.165) is 45.0 Å². The van der Waals surface area contributed by atoms with Gasteiger partial charge in [-0.05, 0) is 34.0 Å². The standard InChI is InChI=1S/C23H26N2O.C2H2O4/c1-26-22-11-9-19(10-12-22)17-24-13-15-25(16-14-24)18-21-7-4-6-20-5-2-3-8-23(20)21;3-1(4)2(5)6/h2-12H,13-18H2,1H3;(H,3,4)(H,5,6). The molecular weight excluding hydrogens is 408 g/mol. The number of carboxylic acid groups (broad SMARTS) is 2. The molecule has 1 saturated heterocycles. The van der Waals surface area contributed by atoms with E-state index in [9.17, 15) is 0 Å². The summed E-state index contributed by atoms with van der Waals surface area (Å²) in [6, 6.07) is 23.8. The third-order valence-electron chi connectivity index (χ3n) is 5.49. The molecule has 0 amide bonds. The Morgan fingerprint density at radius 3 is 1.94 bits per heavy atom. The number of carbonyl (C=O) groups is 2. The van der Waals surface area contributed by atoms with E-state index in [4.69, 9.17) is 24.5 Å². The molecule has 4 rings (SSSR count). The summed E-state index contributed by atoms with van der Waals surface area (Å²) in [7, 11) is 1.71. The largest absolute Gasteiger partial charge is 0.497 e. The maximum atomic E-state index is 9.10. The van der Waals surface area contributed by atoms with Gasteiger partial charge in [0.25, 0.3) is 0 Å². The van der Waals surface area contributed by atoms with Crippen LogP contribution in [0.25, 0.3) is 10.8 Å². The summed E-state index contributed by atoms with van der Waals surface area (Å²) in [5, 5.41) is 17.5. The van der Waals surface area contributed by atoms with Crippen LogP contribution in [-0.2, 0) is 22.7 Å². The molecule has 0 aliphatic carbocycles. The van der Waals surface area contributed by atoms with E-state index in [2.05, 4.69) is 64.4 Å². The summed E-state index contributed by atoms with van der Waals surface area (Å²) in [5.74, 6) is -2.72. The van der Waals surface area contributed by atoms with E-state index in [0.29, 0.717) is 0 Å². The molecule has 32 heavy (non-hydrogen) atoms. The molecule has 168 valence electrons. The lowest BCUT2D eigenvalue weighted by atomic mass is 10.0. The van der Waals surface area contributed by atoms with Gasteiger partial charge in [-0.1, -0.05) is 54.6 Å². The number of hydrogen-bond donors (Lipinski definition) is 2. The zero-order valence-electron chi connectivity index (χ0n) is 18.1. The first-order chi connectivity index (χ1) is 15.5. The minimum absolute atomic E-state index is 0.925. The van der Waals surface area contributed by atoms with E-state index in [1.165, 1.54) is 21.9 Å². The van der Waals surface area contributed by atoms with Crippen molar-refractivity contribution in [3.8, 4) is 5.75 Å². The molecule has 0 bridgehead atoms. The van der Waals surface area contributed by atoms with Crippen LogP contribution in [0.2, 0.25) is 0 Å². The predicted molar refractivity (Wildman–Crippen MR) is 123 cm³/mol. The molecule has 0 radical (unpaired) electrons. The van der Waals surface area contributed by atoms with Crippen molar-refractivity contribution < 1.29 is 24.5 Å². The monoisotopic (exact) mass is 436 g/mol. The Kier molecular flexibility index (Phi) is 8.19. The van der Waals surface area contributed by atoms with Crippen LogP contribution < -0.4 is 4.74 Å². The first kappa shape index (κ1) is 23.2. The number of benzene rings is 3. The van der Waals surface area contributed by atoms with Gasteiger partial charge < -0.3 is 14.9 Å². The second-order valence-corrected chi connectivity index (χ2v) is 7.65. The van der Waals surface area contributed by atoms with Crippen molar-refractivity contribution in [2.24, 2.45) is 0 Å². The molecule has 0 aromatic heterocycles. The van der Waals surface area contributed by atoms with Crippen LogP contribution in [0, 0.1) is 0 Å². The summed E-state index contributed by atoms with van der Waals surface area (Å²) >= 11 is 0. The SMILES string of the molecule is COc1ccc(CN2CCN(Cc3cccc4ccccc34)CC2)cc1.O=C(O)C(=O)O. The minimum Gasteiger partial charge on any atom is -0.497 e. The number of hydrogen-bond acceptors (Lipinski definition) is 5. The highest BCUT2D eigenvalue weighted by Crippen LogP contribution is 2.21. The Labute approximate surface area is 187 Å². The summed E-state index contributed by atoms with van der Waals surface area (Å²) in [6.07, 6.45) is 0. The fraction of sp³-hybridized carbons (Fsp3) is 0.280. The zero-order chi connectivity index (χ0) is 22.9. The van der Waals surface area contributed by atoms with Crippen LogP contribution in [0.3, 0.4) is 0 Å². The van der Waals surface area contributed by atoms with E-state index < -0.39 is 11.9 Å². The van der Waals surface area contributed by atoms with Gasteiger partial charge in [0.1, 0.15) is 5.75 Å². The Hall–Kier alpha value is -3.42. The van der Waals surface area contributed by atoms with E-state index in [-0.39, 0.29) is 0 Å². The van der Waals surface area contributed by atoms with Crippen LogP contribution in [0.15, 0.2) is 66.7 Å². The average molecular weight is 437 g/mol. The summed E-state index contributed by atoms with van der Waals surface area (Å²) in [4.78, 5) is 23.3. The maximum Gasteiger partial charge on any atom is 0.414 e. The number of rotatable bonds is 5. The van der Waals surface area contributed by atoms with Crippen LogP contribution >= 0.6 is 0 Å². The van der Waals surface area contributed by atoms with Crippen molar-refractivity contribution in [3.05, 3.63) is 77.9 Å². The van der Waals surface area contributed by atoms with Crippen LogP contribution in [0.1, 0.15) is 11.1 Å². The molecule has 7 heteroatoms. The minimum atomic E-state index is -1.82. The second-order valence-electron chi connectivity index (χ2n) is 7.65. The van der Waals surface area contributed by atoms with Crippen molar-refractivity contribution in [2.45, 2.75) is 13.1 Å². The molecule has 7 nitrogen and oxygen atoms in total. The molecule has 0 spiro atoms. The van der Waals surface area contributed by atoms with E-state index in [1.807, 2.05) is 12.1 Å². The van der Waals surface area contributed by atoms with Crippen molar-refractivity contribution >= 4 is 22.7 Å². The number of nitrogens with zero attached hydrogens (tertiary/aromatic N) is 2. The lowest BCUT2D eigenvalue weighted by Gasteiger charge is -2.35. The van der Waals surface area contributed by atoms with Gasteiger partial charge in [0.2, 0.25) is 0 Å². The lowest BCUT2D eigenvalue weighted by Crippen LogP contribution is -2.45. The number of aliphatic carboxylic acids is 2. The van der Waals surface area contributed by atoms with Crippen molar-refractivity contribution in [1.29, 1.82) is 0 Å². The highest BCUT2D eigenvalue weighted by atomic mass is 16.5. The summed E-state index contributed by atoms with van der Waals surface area (Å²) < 4.78 is 5.24. The predicted octanol–water partition coefficient (Wildman–Crippen LogP) is 3.32. The Bertz CT molecular complexity index is 1030. The molecule has 3 aromatic rings. The molecule has 1 aliphatic rings. The molecule has 1 fully saturated rings. The Balaban J connectivity index is 0.000000427. The number of carboxylic acids is 2. The maximum absolute atomic E-state index is 9.10. The van der Waals surface area contributed by atoms with Gasteiger partial charge in [-0.2, -0.15) is 0 Å². The smallest absolute Gasteiger partial charge is 0.414 e. The first-order valence-electron chi connectivity index (χ1n) is 10.5. The van der Waals surface area contributed by atoms with Gasteiger partial charge in [-0.15, -0.1) is 0 Å². The van der Waals surface area contributed by atoms with Gasteiger partial charge in [0.05, 0.1) is 7.11 Å². The van der Waals surface area contributed by atoms with Crippen LogP contribution in [0.4, 0.5) is 0 Å². The van der Waals surface area contributed by atoms with Gasteiger partial charge in [-0.25, -0.2) is 9.59 Å². The molecule has 0 unspecified atom stereocenters. The molecule has 0 saturated carbocycles. The van der Waals surface area contributed by atoms with Crippen molar-refractivity contribution in [3.63, 3.8) is 0 Å². The Morgan fingerprint density at radius 2 is 1.34 bits per heavy atom. The number of fused-ring (bicyclic) bond motifs is 1. The van der Waals surface area contributed by atoms with Crippen LogP contribution in [0.5, 0.6) is 5.75 Å². The third-order valence-corrected chi connectivity index (χ3v) is 5.49. The highest BCUT2D eigenvalue weighted by molar-refractivity contribution is 6.27. The quantitative estimate of drug-likeness (QED) is 0.593. The topological polar surface area (TPSA) is 90.3 Å². The van der Waals surface area contributed by atoms with Crippen molar-refractivity contribution in [2.75, 3.05) is 33.3 Å². The highest BCUT2D eigenvalue weighted by Gasteiger charge is 2.17. The molecule has 2 N–H and O–H groups in total. The van der Waals surface area contributed by atoms with Gasteiger partial charge in [-0.3, -0.25) is 9.80 Å². The second kappa shape index (κ2) is 11.3. The number of ether oxygens (including phenoxy) is 1. The molecule has 0 atom stereocenters. The fourth-order valence-electron chi connectivity index (χ4n) is 3.77. The lowest BCUT2D eigenvalue weighted by molar-refractivity contribution is -0.159. The summed E-state index contributed by atoms with van der Waals surface area (Å²) in [5.41, 5.74) is 2.79. The molecule has 1 aliphatic heterocycles. The van der Waals surface area contributed by atoms with E-state index in [1.54, 1.807) is 7.11 Å². The van der Waals surface area contributed by atoms with Gasteiger partial charge in [0, 0.05) is 39.3 Å². The van der Waals surface area contributed by atoms with E-state index >= 15 is 0 Å². The fourth-order valence-corrected chi connectivity index (χ4v) is 3.77. The first-order valence-corrected chi connectivity index (χ1v) is 10.5. The van der Waals surface area contributed by atoms with Crippen molar-refractivity contribution in [1.82, 2.24) is 9.80 Å². The molecular formula is C25H28N2O5. The third kappa shape index (κ3) is 6.54. The zero-order valence-corrected chi connectivity index (χ0v) is 18.1. The number of methoxy groups -OCH3 is 1. The number of piperazine rings is 1. The normalized spacial score (nSPS) is 14.4.